The van der Waals surface area contributed by atoms with Crippen molar-refractivity contribution in [1.29, 1.82) is 0 Å². The summed E-state index contributed by atoms with van der Waals surface area (Å²) in [4.78, 5) is 0. The largest absolute Gasteiger partial charge is 0.496 e. The molecule has 2 unspecified atom stereocenters. The highest BCUT2D eigenvalue weighted by atomic mass is 16.5. The summed E-state index contributed by atoms with van der Waals surface area (Å²) in [7, 11) is 3.70. The molecular formula is C14H21NO2. The van der Waals surface area contributed by atoms with Gasteiger partial charge in [0.2, 0.25) is 0 Å². The van der Waals surface area contributed by atoms with Crippen LogP contribution >= 0.6 is 0 Å². The summed E-state index contributed by atoms with van der Waals surface area (Å²) in [6.07, 6.45) is 2.60. The SMILES string of the molecule is CNC(c1ccc(OC)c(C)c1)C1CCCO1. The van der Waals surface area contributed by atoms with Gasteiger partial charge in [0.05, 0.1) is 19.3 Å². The molecule has 2 rings (SSSR count). The van der Waals surface area contributed by atoms with Gasteiger partial charge in [0.25, 0.3) is 0 Å². The first-order chi connectivity index (χ1) is 8.26. The van der Waals surface area contributed by atoms with E-state index in [4.69, 9.17) is 9.47 Å². The molecule has 1 aliphatic rings. The van der Waals surface area contributed by atoms with Crippen LogP contribution in [0.5, 0.6) is 5.75 Å². The standard InChI is InChI=1S/C14H21NO2/c1-10-9-11(6-7-12(10)16-3)14(15-2)13-5-4-8-17-13/h6-7,9,13-15H,4-5,8H2,1-3H3. The minimum absolute atomic E-state index is 0.280. The molecule has 1 aromatic carbocycles. The highest BCUT2D eigenvalue weighted by molar-refractivity contribution is 5.37. The van der Waals surface area contributed by atoms with Crippen LogP contribution in [0.3, 0.4) is 0 Å². The number of hydrogen-bond acceptors (Lipinski definition) is 3. The lowest BCUT2D eigenvalue weighted by Crippen LogP contribution is -2.28. The molecule has 1 aromatic rings. The lowest BCUT2D eigenvalue weighted by atomic mass is 9.97. The molecule has 1 heterocycles. The van der Waals surface area contributed by atoms with Crippen LogP contribution in [0, 0.1) is 6.92 Å². The monoisotopic (exact) mass is 235 g/mol. The molecule has 0 saturated carbocycles. The van der Waals surface area contributed by atoms with Gasteiger partial charge < -0.3 is 14.8 Å². The molecule has 3 heteroatoms. The zero-order chi connectivity index (χ0) is 12.3. The molecule has 0 spiro atoms. The fourth-order valence-electron chi connectivity index (χ4n) is 2.53. The number of nitrogens with one attached hydrogen (secondary N) is 1. The zero-order valence-electron chi connectivity index (χ0n) is 10.8. The Bertz CT molecular complexity index is 372. The van der Waals surface area contributed by atoms with Crippen LogP contribution in [0.2, 0.25) is 0 Å². The maximum Gasteiger partial charge on any atom is 0.121 e. The number of methoxy groups -OCH3 is 1. The Morgan fingerprint density at radius 1 is 1.47 bits per heavy atom. The van der Waals surface area contributed by atoms with Crippen LogP contribution in [-0.2, 0) is 4.74 Å². The average molecular weight is 235 g/mol. The Labute approximate surface area is 103 Å². The maximum atomic E-state index is 5.76. The number of benzene rings is 1. The lowest BCUT2D eigenvalue weighted by molar-refractivity contribution is 0.0807. The van der Waals surface area contributed by atoms with Crippen LogP contribution in [0.4, 0.5) is 0 Å². The molecule has 0 radical (unpaired) electrons. The summed E-state index contributed by atoms with van der Waals surface area (Å²) < 4.78 is 11.1. The summed E-state index contributed by atoms with van der Waals surface area (Å²) in [5.41, 5.74) is 2.45. The van der Waals surface area contributed by atoms with E-state index in [1.165, 1.54) is 11.1 Å². The first-order valence-corrected chi connectivity index (χ1v) is 6.19. The van der Waals surface area contributed by atoms with Gasteiger partial charge in [-0.2, -0.15) is 0 Å². The lowest BCUT2D eigenvalue weighted by Gasteiger charge is -2.23. The second-order valence-electron chi connectivity index (χ2n) is 4.55. The zero-order valence-corrected chi connectivity index (χ0v) is 10.8. The van der Waals surface area contributed by atoms with E-state index in [-0.39, 0.29) is 6.04 Å². The van der Waals surface area contributed by atoms with Gasteiger partial charge in [0.1, 0.15) is 5.75 Å². The Hall–Kier alpha value is -1.06. The van der Waals surface area contributed by atoms with Gasteiger partial charge in [-0.15, -0.1) is 0 Å². The molecule has 1 N–H and O–H groups in total. The quantitative estimate of drug-likeness (QED) is 0.869. The minimum atomic E-state index is 0.280. The molecule has 0 aliphatic carbocycles. The fraction of sp³-hybridized carbons (Fsp3) is 0.571. The molecule has 0 aromatic heterocycles. The highest BCUT2D eigenvalue weighted by Gasteiger charge is 2.26. The van der Waals surface area contributed by atoms with E-state index < -0.39 is 0 Å². The molecule has 1 fully saturated rings. The first-order valence-electron chi connectivity index (χ1n) is 6.19. The molecule has 17 heavy (non-hydrogen) atoms. The van der Waals surface area contributed by atoms with E-state index in [0.29, 0.717) is 6.10 Å². The molecule has 2 atom stereocenters. The first kappa shape index (κ1) is 12.4. The normalized spacial score (nSPS) is 21.5. The van der Waals surface area contributed by atoms with Crippen molar-refractivity contribution in [2.75, 3.05) is 20.8 Å². The summed E-state index contributed by atoms with van der Waals surface area (Å²) in [5.74, 6) is 0.941. The predicted octanol–water partition coefficient (Wildman–Crippen LogP) is 2.44. The fourth-order valence-corrected chi connectivity index (χ4v) is 2.53. The Morgan fingerprint density at radius 3 is 2.82 bits per heavy atom. The van der Waals surface area contributed by atoms with Crippen LogP contribution in [0.15, 0.2) is 18.2 Å². The minimum Gasteiger partial charge on any atom is -0.496 e. The van der Waals surface area contributed by atoms with Crippen molar-refractivity contribution in [3.63, 3.8) is 0 Å². The van der Waals surface area contributed by atoms with E-state index in [2.05, 4.69) is 24.4 Å². The van der Waals surface area contributed by atoms with E-state index >= 15 is 0 Å². The van der Waals surface area contributed by atoms with Crippen LogP contribution in [0.25, 0.3) is 0 Å². The van der Waals surface area contributed by atoms with Gasteiger partial charge in [-0.25, -0.2) is 0 Å². The third-order valence-corrected chi connectivity index (χ3v) is 3.43. The van der Waals surface area contributed by atoms with Crippen molar-refractivity contribution >= 4 is 0 Å². The number of aryl methyl sites for hydroxylation is 1. The van der Waals surface area contributed by atoms with Crippen LogP contribution in [0.1, 0.15) is 30.0 Å². The maximum absolute atomic E-state index is 5.76. The molecule has 0 bridgehead atoms. The van der Waals surface area contributed by atoms with Crippen molar-refractivity contribution in [1.82, 2.24) is 5.32 Å². The van der Waals surface area contributed by atoms with Crippen LogP contribution in [-0.4, -0.2) is 26.9 Å². The van der Waals surface area contributed by atoms with Crippen molar-refractivity contribution in [2.24, 2.45) is 0 Å². The van der Waals surface area contributed by atoms with E-state index in [9.17, 15) is 0 Å². The van der Waals surface area contributed by atoms with Gasteiger partial charge in [0.15, 0.2) is 0 Å². The molecule has 1 aliphatic heterocycles. The number of ether oxygens (including phenoxy) is 2. The third kappa shape index (κ3) is 2.61. The Morgan fingerprint density at radius 2 is 2.29 bits per heavy atom. The van der Waals surface area contributed by atoms with Crippen molar-refractivity contribution in [2.45, 2.75) is 31.9 Å². The van der Waals surface area contributed by atoms with Gasteiger partial charge in [-0.3, -0.25) is 0 Å². The van der Waals surface area contributed by atoms with Gasteiger partial charge in [-0.05, 0) is 44.0 Å². The van der Waals surface area contributed by atoms with E-state index in [0.717, 1.165) is 25.2 Å². The predicted molar refractivity (Wildman–Crippen MR) is 68.5 cm³/mol. The summed E-state index contributed by atoms with van der Waals surface area (Å²) in [6, 6.07) is 6.61. The summed E-state index contributed by atoms with van der Waals surface area (Å²) in [6.45, 7) is 2.96. The molecular weight excluding hydrogens is 214 g/mol. The molecule has 1 saturated heterocycles. The smallest absolute Gasteiger partial charge is 0.121 e. The second-order valence-corrected chi connectivity index (χ2v) is 4.55. The van der Waals surface area contributed by atoms with Gasteiger partial charge in [-0.1, -0.05) is 12.1 Å². The summed E-state index contributed by atoms with van der Waals surface area (Å²) in [5, 5.41) is 3.36. The Kier molecular flexibility index (Phi) is 4.02. The highest BCUT2D eigenvalue weighted by Crippen LogP contribution is 2.29. The van der Waals surface area contributed by atoms with Crippen molar-refractivity contribution < 1.29 is 9.47 Å². The van der Waals surface area contributed by atoms with Gasteiger partial charge in [0, 0.05) is 6.61 Å². The van der Waals surface area contributed by atoms with Crippen molar-refractivity contribution in [3.8, 4) is 5.75 Å². The van der Waals surface area contributed by atoms with Crippen LogP contribution < -0.4 is 10.1 Å². The topological polar surface area (TPSA) is 30.5 Å². The summed E-state index contributed by atoms with van der Waals surface area (Å²) >= 11 is 0. The number of hydrogen-bond donors (Lipinski definition) is 1. The number of rotatable bonds is 4. The second kappa shape index (κ2) is 5.52. The van der Waals surface area contributed by atoms with E-state index in [1.54, 1.807) is 7.11 Å². The van der Waals surface area contributed by atoms with Crippen molar-refractivity contribution in [3.05, 3.63) is 29.3 Å². The number of likely N-dealkylation sites (N-methyl/N-ethyl adjacent to an activating group) is 1. The Balaban J connectivity index is 2.21. The molecule has 3 nitrogen and oxygen atoms in total. The average Bonchev–Trinajstić information content (AvgIpc) is 2.84. The van der Waals surface area contributed by atoms with Gasteiger partial charge >= 0.3 is 0 Å². The molecule has 94 valence electrons. The van der Waals surface area contributed by atoms with E-state index in [1.807, 2.05) is 13.1 Å². The third-order valence-electron chi connectivity index (χ3n) is 3.43. The molecule has 0 amide bonds.